The van der Waals surface area contributed by atoms with Gasteiger partial charge in [-0.3, -0.25) is 9.59 Å². The van der Waals surface area contributed by atoms with E-state index in [0.717, 1.165) is 20.9 Å². The summed E-state index contributed by atoms with van der Waals surface area (Å²) in [4.78, 5) is 57.2. The van der Waals surface area contributed by atoms with E-state index in [9.17, 15) is 19.2 Å². The Labute approximate surface area is 246 Å². The maximum absolute atomic E-state index is 14.5. The Bertz CT molecular complexity index is 1210. The Morgan fingerprint density at radius 2 is 1.12 bits per heavy atom. The highest BCUT2D eigenvalue weighted by Gasteiger charge is 2.49. The summed E-state index contributed by atoms with van der Waals surface area (Å²) in [6.45, 7) is 7.81. The van der Waals surface area contributed by atoms with Gasteiger partial charge in [-0.2, -0.15) is 0 Å². The summed E-state index contributed by atoms with van der Waals surface area (Å²) in [6.07, 6.45) is -1.22. The Morgan fingerprint density at radius 1 is 0.738 bits per heavy atom. The molecule has 2 saturated heterocycles. The fourth-order valence-corrected chi connectivity index (χ4v) is 5.63. The molecule has 2 aliphatic heterocycles. The quantitative estimate of drug-likeness (QED) is 0.375. The molecule has 2 aromatic carbocycles. The first-order valence-electron chi connectivity index (χ1n) is 14.3. The number of cyclic esters (lactones) is 2. The molecule has 4 atom stereocenters. The summed E-state index contributed by atoms with van der Waals surface area (Å²) in [6, 6.07) is 13.5. The Morgan fingerprint density at radius 3 is 1.45 bits per heavy atom. The van der Waals surface area contributed by atoms with Crippen LogP contribution in [0, 0.1) is 23.7 Å². The summed E-state index contributed by atoms with van der Waals surface area (Å²) in [5.41, 5.74) is 1.49. The second kappa shape index (κ2) is 13.3. The number of ether oxygens (including phenoxy) is 4. The van der Waals surface area contributed by atoms with Crippen molar-refractivity contribution in [3.8, 4) is 11.5 Å². The van der Waals surface area contributed by atoms with Gasteiger partial charge in [0.15, 0.2) is 0 Å². The molecule has 0 unspecified atom stereocenters. The predicted molar refractivity (Wildman–Crippen MR) is 154 cm³/mol. The lowest BCUT2D eigenvalue weighted by atomic mass is 9.80. The van der Waals surface area contributed by atoms with Crippen molar-refractivity contribution in [2.24, 2.45) is 23.7 Å². The first-order chi connectivity index (χ1) is 20.0. The van der Waals surface area contributed by atoms with E-state index in [2.05, 4.69) is 0 Å². The molecule has 0 radical (unpaired) electrons. The van der Waals surface area contributed by atoms with Crippen molar-refractivity contribution in [3.05, 3.63) is 59.7 Å². The van der Waals surface area contributed by atoms with E-state index < -0.39 is 47.9 Å². The molecule has 2 fully saturated rings. The Balaban J connectivity index is 1.84. The van der Waals surface area contributed by atoms with Crippen LogP contribution in [0.1, 0.15) is 38.8 Å². The number of hydrogen-bond acceptors (Lipinski definition) is 8. The van der Waals surface area contributed by atoms with Crippen LogP contribution in [0.5, 0.6) is 11.5 Å². The maximum atomic E-state index is 14.5. The van der Waals surface area contributed by atoms with Crippen LogP contribution in [0.3, 0.4) is 0 Å². The average Bonchev–Trinajstić information content (AvgIpc) is 3.57. The molecule has 0 bridgehead atoms. The third kappa shape index (κ3) is 6.53. The van der Waals surface area contributed by atoms with E-state index in [4.69, 9.17) is 18.9 Å². The molecule has 0 aromatic heterocycles. The van der Waals surface area contributed by atoms with E-state index in [1.54, 1.807) is 38.5 Å². The molecule has 0 spiro atoms. The van der Waals surface area contributed by atoms with E-state index in [1.807, 2.05) is 52.0 Å². The summed E-state index contributed by atoms with van der Waals surface area (Å²) in [5, 5.41) is 0. The van der Waals surface area contributed by atoms with Crippen molar-refractivity contribution in [1.29, 1.82) is 0 Å². The minimum absolute atomic E-state index is 0.0655. The van der Waals surface area contributed by atoms with E-state index in [0.29, 0.717) is 11.5 Å². The van der Waals surface area contributed by atoms with Crippen molar-refractivity contribution in [2.75, 3.05) is 27.4 Å². The molecule has 0 saturated carbocycles. The maximum Gasteiger partial charge on any atom is 0.416 e. The van der Waals surface area contributed by atoms with Gasteiger partial charge in [-0.15, -0.1) is 0 Å². The fraction of sp³-hybridized carbons (Fsp3) is 0.500. The molecule has 10 nitrogen and oxygen atoms in total. The molecule has 42 heavy (non-hydrogen) atoms. The molecule has 2 heterocycles. The number of methoxy groups -OCH3 is 2. The molecule has 2 aliphatic rings. The molecule has 4 rings (SSSR count). The number of hydrogen-bond donors (Lipinski definition) is 0. The molecule has 0 N–H and O–H groups in total. The molecule has 4 amide bonds. The largest absolute Gasteiger partial charge is 0.497 e. The zero-order chi connectivity index (χ0) is 30.6. The number of benzene rings is 2. The molecule has 0 aliphatic carbocycles. The highest BCUT2D eigenvalue weighted by molar-refractivity contribution is 6.00. The lowest BCUT2D eigenvalue weighted by Gasteiger charge is -2.34. The van der Waals surface area contributed by atoms with Crippen LogP contribution in [0.25, 0.3) is 0 Å². The van der Waals surface area contributed by atoms with Crippen LogP contribution in [0.2, 0.25) is 0 Å². The van der Waals surface area contributed by atoms with Gasteiger partial charge in [0.2, 0.25) is 11.8 Å². The number of amides is 4. The van der Waals surface area contributed by atoms with Crippen LogP contribution in [0.4, 0.5) is 9.59 Å². The van der Waals surface area contributed by atoms with Crippen LogP contribution >= 0.6 is 0 Å². The third-order valence-corrected chi connectivity index (χ3v) is 8.13. The van der Waals surface area contributed by atoms with Gasteiger partial charge in [-0.05, 0) is 60.1 Å². The highest BCUT2D eigenvalue weighted by atomic mass is 16.6. The van der Waals surface area contributed by atoms with Gasteiger partial charge in [-0.1, -0.05) is 52.0 Å². The van der Waals surface area contributed by atoms with Crippen molar-refractivity contribution in [2.45, 2.75) is 52.6 Å². The molecule has 10 heteroatoms. The Hall–Kier alpha value is -4.08. The van der Waals surface area contributed by atoms with E-state index in [1.165, 1.54) is 0 Å². The highest BCUT2D eigenvalue weighted by Crippen LogP contribution is 2.33. The summed E-state index contributed by atoms with van der Waals surface area (Å²) in [7, 11) is 3.10. The van der Waals surface area contributed by atoms with Crippen LogP contribution in [0.15, 0.2) is 48.5 Å². The number of carbonyl (C=O) groups is 4. The van der Waals surface area contributed by atoms with Gasteiger partial charge in [0.25, 0.3) is 0 Å². The van der Waals surface area contributed by atoms with Crippen molar-refractivity contribution in [3.63, 3.8) is 0 Å². The Kier molecular flexibility index (Phi) is 9.75. The van der Waals surface area contributed by atoms with Crippen molar-refractivity contribution in [1.82, 2.24) is 9.80 Å². The van der Waals surface area contributed by atoms with Gasteiger partial charge >= 0.3 is 12.2 Å². The lowest BCUT2D eigenvalue weighted by Crippen LogP contribution is -2.52. The van der Waals surface area contributed by atoms with Gasteiger partial charge in [0.05, 0.1) is 38.1 Å². The molecule has 2 aromatic rings. The van der Waals surface area contributed by atoms with Gasteiger partial charge in [-0.25, -0.2) is 19.4 Å². The second-order valence-electron chi connectivity index (χ2n) is 11.5. The standard InChI is InChI=1S/C32H40N2O8/c1-19(2)27-17-41-31(37)33(27)29(35)25(15-21-9-7-11-23(13-21)39-5)26(16-22-10-8-12-24(14-22)40-6)30(36)34-28(20(3)4)18-42-32(34)38/h7-14,19-20,25-28H,15-18H2,1-6H3/t25-,26-,27-,28-/m1/s1. The summed E-state index contributed by atoms with van der Waals surface area (Å²) >= 11 is 0. The minimum Gasteiger partial charge on any atom is -0.497 e. The predicted octanol–water partition coefficient (Wildman–Crippen LogP) is 4.73. The zero-order valence-electron chi connectivity index (χ0n) is 25.1. The van der Waals surface area contributed by atoms with Crippen LogP contribution in [-0.2, 0) is 31.9 Å². The summed E-state index contributed by atoms with van der Waals surface area (Å²) in [5.74, 6) is -2.00. The average molecular weight is 581 g/mol. The normalized spacial score (nSPS) is 20.0. The first kappa shape index (κ1) is 30.9. The molecular weight excluding hydrogens is 540 g/mol. The van der Waals surface area contributed by atoms with E-state index >= 15 is 0 Å². The SMILES string of the molecule is COc1cccc(C[C@@H](C(=O)N2C(=O)OC[C@@H]2C(C)C)[C@@H](Cc2cccc(OC)c2)C(=O)N2C(=O)OC[C@@H]2C(C)C)c1. The van der Waals surface area contributed by atoms with Crippen molar-refractivity contribution < 1.29 is 38.1 Å². The monoisotopic (exact) mass is 580 g/mol. The molecular formula is C32H40N2O8. The summed E-state index contributed by atoms with van der Waals surface area (Å²) < 4.78 is 21.4. The van der Waals surface area contributed by atoms with Crippen LogP contribution < -0.4 is 9.47 Å². The zero-order valence-corrected chi connectivity index (χ0v) is 25.1. The van der Waals surface area contributed by atoms with Gasteiger partial charge in [0.1, 0.15) is 24.7 Å². The topological polar surface area (TPSA) is 112 Å². The minimum atomic E-state index is -1.01. The fourth-order valence-electron chi connectivity index (χ4n) is 5.63. The third-order valence-electron chi connectivity index (χ3n) is 8.13. The van der Waals surface area contributed by atoms with E-state index in [-0.39, 0.29) is 37.9 Å². The molecule has 226 valence electrons. The number of nitrogens with zero attached hydrogens (tertiary/aromatic N) is 2. The number of carbonyl (C=O) groups excluding carboxylic acids is 4. The second-order valence-corrected chi connectivity index (χ2v) is 11.5. The number of rotatable bonds is 11. The van der Waals surface area contributed by atoms with Gasteiger partial charge in [0, 0.05) is 0 Å². The van der Waals surface area contributed by atoms with Gasteiger partial charge < -0.3 is 18.9 Å². The van der Waals surface area contributed by atoms with Crippen molar-refractivity contribution >= 4 is 24.0 Å². The lowest BCUT2D eigenvalue weighted by molar-refractivity contribution is -0.145. The smallest absolute Gasteiger partial charge is 0.416 e. The first-order valence-corrected chi connectivity index (χ1v) is 14.3. The number of imide groups is 2. The van der Waals surface area contributed by atoms with Crippen LogP contribution in [-0.4, -0.2) is 73.3 Å².